The summed E-state index contributed by atoms with van der Waals surface area (Å²) in [5.74, 6) is 0.664. The maximum Gasteiger partial charge on any atom is 0.290 e. The molecule has 4 rings (SSSR count). The number of benzene rings is 1. The fourth-order valence-corrected chi connectivity index (χ4v) is 4.04. The van der Waals surface area contributed by atoms with Crippen molar-refractivity contribution >= 4 is 12.4 Å². The fourth-order valence-electron chi connectivity index (χ4n) is 4.04. The minimum Gasteiger partial charge on any atom is -0.495 e. The third kappa shape index (κ3) is 6.02. The number of carboxylic acid groups (broad SMARTS) is 1. The molecule has 0 unspecified atom stereocenters. The molecule has 2 aliphatic rings. The second kappa shape index (κ2) is 11.4. The van der Waals surface area contributed by atoms with Crippen LogP contribution in [0.5, 0.6) is 5.75 Å². The Hall–Kier alpha value is -2.97. The van der Waals surface area contributed by atoms with E-state index < -0.39 is 0 Å². The second-order valence-electron chi connectivity index (χ2n) is 7.58. The summed E-state index contributed by atoms with van der Waals surface area (Å²) in [6, 6.07) is 9.86. The van der Waals surface area contributed by atoms with Crippen molar-refractivity contribution in [2.45, 2.75) is 31.3 Å². The molecule has 0 radical (unpaired) electrons. The Kier molecular flexibility index (Phi) is 8.37. The van der Waals surface area contributed by atoms with Gasteiger partial charge in [0.2, 0.25) is 0 Å². The number of rotatable bonds is 5. The molecule has 2 fully saturated rings. The number of aromatic nitrogens is 1. The van der Waals surface area contributed by atoms with E-state index in [2.05, 4.69) is 15.2 Å². The monoisotopic (exact) mass is 427 g/mol. The number of likely N-dealkylation sites (tertiary alicyclic amines) is 1. The first-order valence-corrected chi connectivity index (χ1v) is 10.5. The first kappa shape index (κ1) is 22.7. The molecule has 31 heavy (non-hydrogen) atoms. The Bertz CT molecular complexity index is 853. The van der Waals surface area contributed by atoms with Gasteiger partial charge in [-0.3, -0.25) is 19.5 Å². The summed E-state index contributed by atoms with van der Waals surface area (Å²) in [5, 5.41) is 10.1. The van der Waals surface area contributed by atoms with Gasteiger partial charge < -0.3 is 19.9 Å². The standard InChI is InChI=1S/C22H27N3O3.CH2O2/c1-27-19-11-18(12-23-13-19)16-5-7-17(8-6-16)22(26)24-20-14-28-15-21(20)25-9-3-2-4-10-25;2-1-3/h5-8,11-13,20-21H,2-4,9-10,14-15H2,1H3,(H,24,26);1H,(H,2,3)/t20-,21-;/m0./s1. The van der Waals surface area contributed by atoms with E-state index in [4.69, 9.17) is 19.4 Å². The summed E-state index contributed by atoms with van der Waals surface area (Å²) >= 11 is 0. The molecule has 0 saturated carbocycles. The highest BCUT2D eigenvalue weighted by Gasteiger charge is 2.34. The normalized spacial score (nSPS) is 20.9. The Labute approximate surface area is 182 Å². The van der Waals surface area contributed by atoms with E-state index in [0.717, 1.165) is 24.2 Å². The molecule has 0 bridgehead atoms. The number of carbonyl (C=O) groups is 2. The van der Waals surface area contributed by atoms with Crippen molar-refractivity contribution < 1.29 is 24.2 Å². The van der Waals surface area contributed by atoms with Crippen molar-refractivity contribution in [3.05, 3.63) is 48.3 Å². The minimum atomic E-state index is -0.250. The highest BCUT2D eigenvalue weighted by molar-refractivity contribution is 5.95. The van der Waals surface area contributed by atoms with Gasteiger partial charge in [0, 0.05) is 17.3 Å². The van der Waals surface area contributed by atoms with Crippen molar-refractivity contribution in [2.24, 2.45) is 0 Å². The average molecular weight is 428 g/mol. The van der Waals surface area contributed by atoms with Gasteiger partial charge in [0.25, 0.3) is 12.4 Å². The van der Waals surface area contributed by atoms with Gasteiger partial charge in [0.15, 0.2) is 0 Å². The van der Waals surface area contributed by atoms with Crippen LogP contribution >= 0.6 is 0 Å². The fraction of sp³-hybridized carbons (Fsp3) is 0.435. The second-order valence-corrected chi connectivity index (χ2v) is 7.58. The number of hydrogen-bond donors (Lipinski definition) is 2. The molecule has 1 aromatic heterocycles. The highest BCUT2D eigenvalue weighted by Crippen LogP contribution is 2.23. The maximum absolute atomic E-state index is 12.8. The molecule has 8 nitrogen and oxygen atoms in total. The first-order chi connectivity index (χ1) is 15.2. The molecule has 2 saturated heterocycles. The number of nitrogens with one attached hydrogen (secondary N) is 1. The van der Waals surface area contributed by atoms with Crippen LogP contribution in [0.4, 0.5) is 0 Å². The smallest absolute Gasteiger partial charge is 0.290 e. The molecule has 3 heterocycles. The molecule has 0 aliphatic carbocycles. The zero-order valence-corrected chi connectivity index (χ0v) is 17.7. The SMILES string of the molecule is COc1cncc(-c2ccc(C(=O)N[C@H]3COC[C@@H]3N3CCCCC3)cc2)c1.O=CO. The molecule has 0 spiro atoms. The number of amides is 1. The third-order valence-electron chi connectivity index (χ3n) is 5.66. The third-order valence-corrected chi connectivity index (χ3v) is 5.66. The lowest BCUT2D eigenvalue weighted by Gasteiger charge is -2.34. The van der Waals surface area contributed by atoms with E-state index in [9.17, 15) is 4.79 Å². The highest BCUT2D eigenvalue weighted by atomic mass is 16.5. The summed E-state index contributed by atoms with van der Waals surface area (Å²) in [6.07, 6.45) is 7.23. The van der Waals surface area contributed by atoms with Gasteiger partial charge in [-0.1, -0.05) is 18.6 Å². The van der Waals surface area contributed by atoms with E-state index in [-0.39, 0.29) is 24.5 Å². The van der Waals surface area contributed by atoms with Crippen molar-refractivity contribution in [2.75, 3.05) is 33.4 Å². The number of carbonyl (C=O) groups excluding carboxylic acids is 1. The van der Waals surface area contributed by atoms with Crippen LogP contribution in [0.2, 0.25) is 0 Å². The lowest BCUT2D eigenvalue weighted by molar-refractivity contribution is -0.122. The molecule has 2 aromatic rings. The lowest BCUT2D eigenvalue weighted by atomic mass is 10.0. The number of piperidine rings is 1. The van der Waals surface area contributed by atoms with Crippen LogP contribution in [-0.2, 0) is 9.53 Å². The number of pyridine rings is 1. The lowest BCUT2D eigenvalue weighted by Crippen LogP contribution is -2.52. The molecule has 2 N–H and O–H groups in total. The number of ether oxygens (including phenoxy) is 2. The van der Waals surface area contributed by atoms with E-state index in [0.29, 0.717) is 24.5 Å². The Morgan fingerprint density at radius 1 is 1.16 bits per heavy atom. The van der Waals surface area contributed by atoms with Crippen LogP contribution in [0.1, 0.15) is 29.6 Å². The Morgan fingerprint density at radius 2 is 1.87 bits per heavy atom. The quantitative estimate of drug-likeness (QED) is 0.707. The molecule has 2 atom stereocenters. The number of methoxy groups -OCH3 is 1. The first-order valence-electron chi connectivity index (χ1n) is 10.5. The predicted octanol–water partition coefficient (Wildman–Crippen LogP) is 2.44. The molecule has 166 valence electrons. The van der Waals surface area contributed by atoms with Crippen LogP contribution in [0.15, 0.2) is 42.7 Å². The summed E-state index contributed by atoms with van der Waals surface area (Å²) in [4.78, 5) is 27.8. The molecule has 1 aromatic carbocycles. The van der Waals surface area contributed by atoms with Crippen molar-refractivity contribution in [3.8, 4) is 16.9 Å². The zero-order valence-electron chi connectivity index (χ0n) is 17.7. The Balaban J connectivity index is 0.000000858. The van der Waals surface area contributed by atoms with Crippen LogP contribution in [-0.4, -0.2) is 72.9 Å². The van der Waals surface area contributed by atoms with E-state index >= 15 is 0 Å². The van der Waals surface area contributed by atoms with Gasteiger partial charge >= 0.3 is 0 Å². The van der Waals surface area contributed by atoms with Gasteiger partial charge in [-0.15, -0.1) is 0 Å². The van der Waals surface area contributed by atoms with Gasteiger partial charge in [0.1, 0.15) is 5.75 Å². The number of nitrogens with zero attached hydrogens (tertiary/aromatic N) is 2. The van der Waals surface area contributed by atoms with E-state index in [1.54, 1.807) is 19.5 Å². The average Bonchev–Trinajstić information content (AvgIpc) is 3.28. The molecular formula is C23H29N3O5. The van der Waals surface area contributed by atoms with Crippen molar-refractivity contribution in [1.82, 2.24) is 15.2 Å². The maximum atomic E-state index is 12.8. The van der Waals surface area contributed by atoms with Crippen LogP contribution < -0.4 is 10.1 Å². The molecule has 2 aliphatic heterocycles. The van der Waals surface area contributed by atoms with Crippen molar-refractivity contribution in [1.29, 1.82) is 0 Å². The number of hydrogen-bond acceptors (Lipinski definition) is 6. The van der Waals surface area contributed by atoms with E-state index in [1.165, 1.54) is 19.3 Å². The van der Waals surface area contributed by atoms with Gasteiger partial charge in [0.05, 0.1) is 38.6 Å². The summed E-state index contributed by atoms with van der Waals surface area (Å²) < 4.78 is 10.9. The molecule has 8 heteroatoms. The summed E-state index contributed by atoms with van der Waals surface area (Å²) in [7, 11) is 1.62. The van der Waals surface area contributed by atoms with Crippen molar-refractivity contribution in [3.63, 3.8) is 0 Å². The molecule has 1 amide bonds. The van der Waals surface area contributed by atoms with Crippen LogP contribution in [0.3, 0.4) is 0 Å². The zero-order chi connectivity index (χ0) is 22.1. The minimum absolute atomic E-state index is 0.0483. The Morgan fingerprint density at radius 3 is 2.55 bits per heavy atom. The largest absolute Gasteiger partial charge is 0.495 e. The molecular weight excluding hydrogens is 398 g/mol. The van der Waals surface area contributed by atoms with E-state index in [1.807, 2.05) is 30.3 Å². The van der Waals surface area contributed by atoms with Crippen LogP contribution in [0, 0.1) is 0 Å². The van der Waals surface area contributed by atoms with Gasteiger partial charge in [-0.25, -0.2) is 0 Å². The summed E-state index contributed by atoms with van der Waals surface area (Å²) in [5.41, 5.74) is 2.61. The van der Waals surface area contributed by atoms with Crippen LogP contribution in [0.25, 0.3) is 11.1 Å². The predicted molar refractivity (Wildman–Crippen MR) is 116 cm³/mol. The summed E-state index contributed by atoms with van der Waals surface area (Å²) in [6.45, 7) is 3.24. The topological polar surface area (TPSA) is 101 Å². The van der Waals surface area contributed by atoms with Gasteiger partial charge in [-0.05, 0) is 49.7 Å². The van der Waals surface area contributed by atoms with Gasteiger partial charge in [-0.2, -0.15) is 0 Å².